The standard InChI is InChI=1S/C15H16F2N2/c1-10-8-18-6-5-12(10)9-19-11(2)14-4-3-13(16)7-15(14)17/h3-8,11,19H,9H2,1-2H3. The van der Waals surface area contributed by atoms with Gasteiger partial charge < -0.3 is 5.32 Å². The number of aromatic nitrogens is 1. The minimum Gasteiger partial charge on any atom is -0.306 e. The Hall–Kier alpha value is -1.81. The minimum atomic E-state index is -0.557. The Bertz CT molecular complexity index is 570. The molecule has 0 bridgehead atoms. The van der Waals surface area contributed by atoms with E-state index in [-0.39, 0.29) is 6.04 Å². The van der Waals surface area contributed by atoms with Crippen molar-refractivity contribution < 1.29 is 8.78 Å². The summed E-state index contributed by atoms with van der Waals surface area (Å²) in [5, 5.41) is 3.23. The molecular formula is C15H16F2N2. The van der Waals surface area contributed by atoms with E-state index in [1.807, 2.05) is 19.9 Å². The lowest BCUT2D eigenvalue weighted by atomic mass is 10.1. The first-order chi connectivity index (χ1) is 9.08. The number of aryl methyl sites for hydroxylation is 1. The summed E-state index contributed by atoms with van der Waals surface area (Å²) in [6, 6.07) is 5.39. The van der Waals surface area contributed by atoms with Crippen molar-refractivity contribution in [2.24, 2.45) is 0 Å². The van der Waals surface area contributed by atoms with Gasteiger partial charge in [-0.05, 0) is 37.1 Å². The van der Waals surface area contributed by atoms with Crippen molar-refractivity contribution >= 4 is 0 Å². The van der Waals surface area contributed by atoms with Gasteiger partial charge in [-0.3, -0.25) is 4.98 Å². The van der Waals surface area contributed by atoms with Crippen LogP contribution in [0.2, 0.25) is 0 Å². The van der Waals surface area contributed by atoms with Gasteiger partial charge in [0.15, 0.2) is 0 Å². The van der Waals surface area contributed by atoms with Crippen LogP contribution >= 0.6 is 0 Å². The predicted molar refractivity (Wildman–Crippen MR) is 70.6 cm³/mol. The summed E-state index contributed by atoms with van der Waals surface area (Å²) in [6.07, 6.45) is 3.52. The number of nitrogens with zero attached hydrogens (tertiary/aromatic N) is 1. The third kappa shape index (κ3) is 3.35. The highest BCUT2D eigenvalue weighted by Crippen LogP contribution is 2.18. The highest BCUT2D eigenvalue weighted by atomic mass is 19.1. The van der Waals surface area contributed by atoms with Crippen LogP contribution in [-0.2, 0) is 6.54 Å². The second-order valence-electron chi connectivity index (χ2n) is 4.57. The fourth-order valence-electron chi connectivity index (χ4n) is 1.93. The second kappa shape index (κ2) is 5.89. The number of rotatable bonds is 4. The molecule has 19 heavy (non-hydrogen) atoms. The molecule has 0 aliphatic heterocycles. The van der Waals surface area contributed by atoms with Crippen LogP contribution in [0.15, 0.2) is 36.7 Å². The summed E-state index contributed by atoms with van der Waals surface area (Å²) in [7, 11) is 0. The van der Waals surface area contributed by atoms with Crippen LogP contribution in [0.3, 0.4) is 0 Å². The van der Waals surface area contributed by atoms with Crippen molar-refractivity contribution in [3.8, 4) is 0 Å². The van der Waals surface area contributed by atoms with Gasteiger partial charge in [-0.1, -0.05) is 6.07 Å². The number of pyridine rings is 1. The molecular weight excluding hydrogens is 246 g/mol. The Morgan fingerprint density at radius 1 is 1.26 bits per heavy atom. The van der Waals surface area contributed by atoms with E-state index in [9.17, 15) is 8.78 Å². The topological polar surface area (TPSA) is 24.9 Å². The molecule has 1 heterocycles. The summed E-state index contributed by atoms with van der Waals surface area (Å²) >= 11 is 0. The molecule has 1 aromatic heterocycles. The lowest BCUT2D eigenvalue weighted by molar-refractivity contribution is 0.517. The Morgan fingerprint density at radius 2 is 2.05 bits per heavy atom. The molecule has 0 spiro atoms. The molecule has 0 radical (unpaired) electrons. The molecule has 0 saturated carbocycles. The smallest absolute Gasteiger partial charge is 0.130 e. The first-order valence-electron chi connectivity index (χ1n) is 6.15. The van der Waals surface area contributed by atoms with Crippen LogP contribution in [0.4, 0.5) is 8.78 Å². The number of hydrogen-bond donors (Lipinski definition) is 1. The highest BCUT2D eigenvalue weighted by Gasteiger charge is 2.11. The van der Waals surface area contributed by atoms with Crippen LogP contribution < -0.4 is 5.32 Å². The fraction of sp³-hybridized carbons (Fsp3) is 0.267. The number of halogens is 2. The van der Waals surface area contributed by atoms with Gasteiger partial charge in [0.1, 0.15) is 11.6 Å². The second-order valence-corrected chi connectivity index (χ2v) is 4.57. The normalized spacial score (nSPS) is 12.4. The first-order valence-corrected chi connectivity index (χ1v) is 6.15. The molecule has 1 atom stereocenters. The van der Waals surface area contributed by atoms with Crippen LogP contribution in [0.1, 0.15) is 29.7 Å². The molecule has 0 saturated heterocycles. The van der Waals surface area contributed by atoms with E-state index < -0.39 is 11.6 Å². The van der Waals surface area contributed by atoms with Crippen molar-refractivity contribution in [2.75, 3.05) is 0 Å². The van der Waals surface area contributed by atoms with Gasteiger partial charge in [-0.2, -0.15) is 0 Å². The van der Waals surface area contributed by atoms with Gasteiger partial charge in [0.05, 0.1) is 0 Å². The van der Waals surface area contributed by atoms with Gasteiger partial charge in [0.25, 0.3) is 0 Å². The van der Waals surface area contributed by atoms with Crippen molar-refractivity contribution in [2.45, 2.75) is 26.4 Å². The third-order valence-corrected chi connectivity index (χ3v) is 3.16. The van der Waals surface area contributed by atoms with E-state index >= 15 is 0 Å². The molecule has 2 rings (SSSR count). The Balaban J connectivity index is 2.05. The van der Waals surface area contributed by atoms with E-state index in [1.165, 1.54) is 12.1 Å². The summed E-state index contributed by atoms with van der Waals surface area (Å²) in [5.41, 5.74) is 2.67. The molecule has 0 amide bonds. The maximum atomic E-state index is 13.6. The molecule has 1 aromatic carbocycles. The average molecular weight is 262 g/mol. The van der Waals surface area contributed by atoms with Gasteiger partial charge in [0, 0.05) is 36.6 Å². The first kappa shape index (κ1) is 13.6. The lowest BCUT2D eigenvalue weighted by Crippen LogP contribution is -2.19. The fourth-order valence-corrected chi connectivity index (χ4v) is 1.93. The Morgan fingerprint density at radius 3 is 2.74 bits per heavy atom. The monoisotopic (exact) mass is 262 g/mol. The largest absolute Gasteiger partial charge is 0.306 e. The van der Waals surface area contributed by atoms with E-state index in [0.29, 0.717) is 12.1 Å². The van der Waals surface area contributed by atoms with Crippen molar-refractivity contribution in [1.29, 1.82) is 0 Å². The van der Waals surface area contributed by atoms with Crippen molar-refractivity contribution in [1.82, 2.24) is 10.3 Å². The lowest BCUT2D eigenvalue weighted by Gasteiger charge is -2.16. The summed E-state index contributed by atoms with van der Waals surface area (Å²) in [5.74, 6) is -1.08. The zero-order valence-electron chi connectivity index (χ0n) is 11.0. The van der Waals surface area contributed by atoms with Crippen molar-refractivity contribution in [3.63, 3.8) is 0 Å². The molecule has 100 valence electrons. The molecule has 0 aliphatic carbocycles. The molecule has 0 aliphatic rings. The zero-order valence-corrected chi connectivity index (χ0v) is 11.0. The highest BCUT2D eigenvalue weighted by molar-refractivity contribution is 5.24. The third-order valence-electron chi connectivity index (χ3n) is 3.16. The van der Waals surface area contributed by atoms with Gasteiger partial charge >= 0.3 is 0 Å². The summed E-state index contributed by atoms with van der Waals surface area (Å²) in [6.45, 7) is 4.45. The van der Waals surface area contributed by atoms with Gasteiger partial charge in [-0.15, -0.1) is 0 Å². The molecule has 2 nitrogen and oxygen atoms in total. The summed E-state index contributed by atoms with van der Waals surface area (Å²) < 4.78 is 26.5. The number of hydrogen-bond acceptors (Lipinski definition) is 2. The van der Waals surface area contributed by atoms with E-state index in [4.69, 9.17) is 0 Å². The van der Waals surface area contributed by atoms with E-state index in [0.717, 1.165) is 17.2 Å². The SMILES string of the molecule is Cc1cnccc1CNC(C)c1ccc(F)cc1F. The molecule has 1 N–H and O–H groups in total. The molecule has 0 fully saturated rings. The quantitative estimate of drug-likeness (QED) is 0.912. The maximum Gasteiger partial charge on any atom is 0.130 e. The van der Waals surface area contributed by atoms with Crippen LogP contribution in [0, 0.1) is 18.6 Å². The van der Waals surface area contributed by atoms with E-state index in [2.05, 4.69) is 10.3 Å². The minimum absolute atomic E-state index is 0.187. The Labute approximate surface area is 111 Å². The zero-order chi connectivity index (χ0) is 13.8. The van der Waals surface area contributed by atoms with E-state index in [1.54, 1.807) is 12.4 Å². The molecule has 1 unspecified atom stereocenters. The summed E-state index contributed by atoms with van der Waals surface area (Å²) in [4.78, 5) is 4.02. The van der Waals surface area contributed by atoms with Crippen LogP contribution in [0.25, 0.3) is 0 Å². The number of benzene rings is 1. The van der Waals surface area contributed by atoms with Crippen molar-refractivity contribution in [3.05, 3.63) is 65.0 Å². The Kier molecular flexibility index (Phi) is 4.22. The van der Waals surface area contributed by atoms with Gasteiger partial charge in [-0.25, -0.2) is 8.78 Å². The predicted octanol–water partition coefficient (Wildman–Crippen LogP) is 3.52. The molecule has 4 heteroatoms. The average Bonchev–Trinajstić information content (AvgIpc) is 2.37. The van der Waals surface area contributed by atoms with Crippen LogP contribution in [0.5, 0.6) is 0 Å². The van der Waals surface area contributed by atoms with Crippen LogP contribution in [-0.4, -0.2) is 4.98 Å². The maximum absolute atomic E-state index is 13.6. The number of nitrogens with one attached hydrogen (secondary N) is 1. The molecule has 2 aromatic rings. The van der Waals surface area contributed by atoms with Gasteiger partial charge in [0.2, 0.25) is 0 Å².